The molecule has 0 radical (unpaired) electrons. The topological polar surface area (TPSA) is 129 Å². The molecule has 3 rings (SSSR count). The van der Waals surface area contributed by atoms with Crippen molar-refractivity contribution in [1.29, 1.82) is 0 Å². The number of nitrogen functional groups attached to an aromatic ring is 1. The van der Waals surface area contributed by atoms with Gasteiger partial charge in [0.15, 0.2) is 18.2 Å². The second kappa shape index (κ2) is 9.97. The van der Waals surface area contributed by atoms with Gasteiger partial charge in [-0.1, -0.05) is 18.2 Å². The zero-order chi connectivity index (χ0) is 21.3. The van der Waals surface area contributed by atoms with Crippen molar-refractivity contribution in [3.05, 3.63) is 66.0 Å². The number of aromatic nitrogens is 3. The molecule has 0 aliphatic carbocycles. The first-order chi connectivity index (χ1) is 14.5. The summed E-state index contributed by atoms with van der Waals surface area (Å²) in [6, 6.07) is 16.0. The van der Waals surface area contributed by atoms with Crippen molar-refractivity contribution in [3.63, 3.8) is 0 Å². The number of nitrogens with zero attached hydrogens (tertiary/aromatic N) is 3. The number of carbonyl (C=O) groups is 2. The lowest BCUT2D eigenvalue weighted by Gasteiger charge is -2.09. The number of anilines is 3. The first-order valence-electron chi connectivity index (χ1n) is 9.21. The van der Waals surface area contributed by atoms with E-state index in [0.29, 0.717) is 11.3 Å². The van der Waals surface area contributed by atoms with Gasteiger partial charge in [0.05, 0.1) is 13.0 Å². The van der Waals surface area contributed by atoms with Gasteiger partial charge in [0.1, 0.15) is 5.75 Å². The van der Waals surface area contributed by atoms with Gasteiger partial charge >= 0.3 is 5.97 Å². The second-order valence-corrected chi connectivity index (χ2v) is 6.26. The number of nitrogens with two attached hydrogens (primary N) is 1. The molecule has 0 bridgehead atoms. The summed E-state index contributed by atoms with van der Waals surface area (Å²) in [5.41, 5.74) is 7.10. The summed E-state index contributed by atoms with van der Waals surface area (Å²) >= 11 is 0. The average Bonchev–Trinajstić information content (AvgIpc) is 2.73. The van der Waals surface area contributed by atoms with Gasteiger partial charge in [-0.25, -0.2) is 0 Å². The molecule has 30 heavy (non-hydrogen) atoms. The van der Waals surface area contributed by atoms with Crippen LogP contribution in [-0.4, -0.2) is 33.3 Å². The standard InChI is InChI=1S/C21H21N5O4/c1-14(27)15-7-9-17(10-8-15)29-12-11-19(28)30-13-18-24-20(22)26-21(25-18)23-16-5-3-2-4-6-16/h2-10H,11-13H2,1H3,(H3,22,23,24,25,26). The molecule has 0 spiro atoms. The highest BCUT2D eigenvalue weighted by Crippen LogP contribution is 2.14. The van der Waals surface area contributed by atoms with Crippen molar-refractivity contribution in [1.82, 2.24) is 15.0 Å². The minimum Gasteiger partial charge on any atom is -0.493 e. The molecular weight excluding hydrogens is 386 g/mol. The molecule has 154 valence electrons. The Kier molecular flexibility index (Phi) is 6.88. The van der Waals surface area contributed by atoms with Crippen molar-refractivity contribution >= 4 is 29.3 Å². The number of hydrogen-bond acceptors (Lipinski definition) is 9. The summed E-state index contributed by atoms with van der Waals surface area (Å²) in [6.07, 6.45) is 0.0458. The van der Waals surface area contributed by atoms with Gasteiger partial charge in [-0.05, 0) is 43.3 Å². The molecule has 3 N–H and O–H groups in total. The number of ether oxygens (including phenoxy) is 2. The summed E-state index contributed by atoms with van der Waals surface area (Å²) in [5.74, 6) is 0.590. The average molecular weight is 407 g/mol. The lowest BCUT2D eigenvalue weighted by molar-refractivity contribution is -0.145. The molecule has 0 aliphatic rings. The van der Waals surface area contributed by atoms with Crippen LogP contribution in [0.5, 0.6) is 5.75 Å². The largest absolute Gasteiger partial charge is 0.493 e. The fourth-order valence-corrected chi connectivity index (χ4v) is 2.46. The van der Waals surface area contributed by atoms with E-state index in [1.54, 1.807) is 24.3 Å². The molecule has 1 aromatic heterocycles. The molecular formula is C21H21N5O4. The predicted octanol–water partition coefficient (Wildman–Crippen LogP) is 2.91. The summed E-state index contributed by atoms with van der Waals surface area (Å²) in [4.78, 5) is 35.4. The molecule has 2 aromatic carbocycles. The highest BCUT2D eigenvalue weighted by Gasteiger charge is 2.09. The highest BCUT2D eigenvalue weighted by atomic mass is 16.5. The number of rotatable bonds is 9. The predicted molar refractivity (Wildman–Crippen MR) is 110 cm³/mol. The molecule has 0 saturated carbocycles. The van der Waals surface area contributed by atoms with Crippen molar-refractivity contribution in [2.45, 2.75) is 20.0 Å². The monoisotopic (exact) mass is 407 g/mol. The maximum absolute atomic E-state index is 11.9. The summed E-state index contributed by atoms with van der Waals surface area (Å²) < 4.78 is 10.7. The number of carbonyl (C=O) groups excluding carboxylic acids is 2. The van der Waals surface area contributed by atoms with Gasteiger partial charge in [-0.2, -0.15) is 15.0 Å². The van der Waals surface area contributed by atoms with Gasteiger partial charge in [0.25, 0.3) is 0 Å². The number of benzene rings is 2. The molecule has 0 amide bonds. The first kappa shape index (κ1) is 20.7. The van der Waals surface area contributed by atoms with E-state index in [1.165, 1.54) is 6.92 Å². The lowest BCUT2D eigenvalue weighted by Crippen LogP contribution is -2.13. The molecule has 0 atom stereocenters. The third-order valence-electron chi connectivity index (χ3n) is 3.93. The molecule has 0 unspecified atom stereocenters. The quantitative estimate of drug-likeness (QED) is 0.406. The van der Waals surface area contributed by atoms with Gasteiger partial charge in [0, 0.05) is 11.3 Å². The number of nitrogens with one attached hydrogen (secondary N) is 1. The van der Waals surface area contributed by atoms with Crippen LogP contribution >= 0.6 is 0 Å². The molecule has 9 nitrogen and oxygen atoms in total. The third kappa shape index (κ3) is 6.26. The maximum atomic E-state index is 11.9. The zero-order valence-electron chi connectivity index (χ0n) is 16.4. The Morgan fingerprint density at radius 1 is 1.00 bits per heavy atom. The van der Waals surface area contributed by atoms with Gasteiger partial charge in [-0.3, -0.25) is 9.59 Å². The van der Waals surface area contributed by atoms with Crippen molar-refractivity contribution in [2.24, 2.45) is 0 Å². The van der Waals surface area contributed by atoms with Crippen LogP contribution in [0.25, 0.3) is 0 Å². The Morgan fingerprint density at radius 3 is 2.43 bits per heavy atom. The highest BCUT2D eigenvalue weighted by molar-refractivity contribution is 5.94. The minimum absolute atomic E-state index is 0.0202. The number of esters is 1. The Labute approximate surface area is 173 Å². The van der Waals surface area contributed by atoms with E-state index in [1.807, 2.05) is 30.3 Å². The Morgan fingerprint density at radius 2 is 1.73 bits per heavy atom. The molecule has 0 aliphatic heterocycles. The van der Waals surface area contributed by atoms with Crippen LogP contribution in [0.3, 0.4) is 0 Å². The third-order valence-corrected chi connectivity index (χ3v) is 3.93. The molecule has 9 heteroatoms. The maximum Gasteiger partial charge on any atom is 0.309 e. The van der Waals surface area contributed by atoms with E-state index < -0.39 is 5.97 Å². The number of ketones is 1. The van der Waals surface area contributed by atoms with Crippen molar-refractivity contribution < 1.29 is 19.1 Å². The Hall–Kier alpha value is -4.01. The van der Waals surface area contributed by atoms with Gasteiger partial charge in [0.2, 0.25) is 11.9 Å². The molecule has 0 saturated heterocycles. The van der Waals surface area contributed by atoms with Crippen LogP contribution in [0.2, 0.25) is 0 Å². The fraction of sp³-hybridized carbons (Fsp3) is 0.190. The fourth-order valence-electron chi connectivity index (χ4n) is 2.46. The molecule has 3 aromatic rings. The van der Waals surface area contributed by atoms with Gasteiger partial charge < -0.3 is 20.5 Å². The SMILES string of the molecule is CC(=O)c1ccc(OCCC(=O)OCc2nc(N)nc(Nc3ccccc3)n2)cc1. The van der Waals surface area contributed by atoms with Crippen molar-refractivity contribution in [3.8, 4) is 5.75 Å². The van der Waals surface area contributed by atoms with Crippen LogP contribution in [0.15, 0.2) is 54.6 Å². The van der Waals surface area contributed by atoms with Crippen LogP contribution < -0.4 is 15.8 Å². The number of hydrogen-bond donors (Lipinski definition) is 2. The van der Waals surface area contributed by atoms with Crippen molar-refractivity contribution in [2.75, 3.05) is 17.7 Å². The Balaban J connectivity index is 1.46. The van der Waals surface area contributed by atoms with Crippen LogP contribution in [0.4, 0.5) is 17.6 Å². The van der Waals surface area contributed by atoms with E-state index in [9.17, 15) is 9.59 Å². The van der Waals surface area contributed by atoms with E-state index in [-0.39, 0.29) is 43.1 Å². The number of para-hydroxylation sites is 1. The smallest absolute Gasteiger partial charge is 0.309 e. The molecule has 0 fully saturated rings. The first-order valence-corrected chi connectivity index (χ1v) is 9.21. The summed E-state index contributed by atoms with van der Waals surface area (Å²) in [6.45, 7) is 1.49. The van der Waals surface area contributed by atoms with Crippen LogP contribution in [0, 0.1) is 0 Å². The van der Waals surface area contributed by atoms with E-state index >= 15 is 0 Å². The van der Waals surface area contributed by atoms with Gasteiger partial charge in [-0.15, -0.1) is 0 Å². The second-order valence-electron chi connectivity index (χ2n) is 6.26. The number of Topliss-reactive ketones (excluding diaryl/α,β-unsaturated/α-hetero) is 1. The summed E-state index contributed by atoms with van der Waals surface area (Å²) in [5, 5.41) is 3.01. The van der Waals surface area contributed by atoms with E-state index in [2.05, 4.69) is 20.3 Å². The molecule has 1 heterocycles. The minimum atomic E-state index is -0.466. The van der Waals surface area contributed by atoms with E-state index in [4.69, 9.17) is 15.2 Å². The lowest BCUT2D eigenvalue weighted by atomic mass is 10.1. The normalized spacial score (nSPS) is 10.3. The zero-order valence-corrected chi connectivity index (χ0v) is 16.4. The van der Waals surface area contributed by atoms with E-state index in [0.717, 1.165) is 5.69 Å². The van der Waals surface area contributed by atoms with Crippen LogP contribution in [0.1, 0.15) is 29.5 Å². The Bertz CT molecular complexity index is 1010. The van der Waals surface area contributed by atoms with Crippen LogP contribution in [-0.2, 0) is 16.1 Å². The summed E-state index contributed by atoms with van der Waals surface area (Å²) in [7, 11) is 0.